The van der Waals surface area contributed by atoms with Crippen LogP contribution in [0.15, 0.2) is 0 Å². The standard InChI is InChI=1S/C18H35NO3/c1-2-3-4-5-6-7-8-9-10-11-15-22-18(20)13-12-17-19-14-16-21-17/h17,19H,2-16H2,1H3. The molecule has 4 nitrogen and oxygen atoms in total. The fraction of sp³-hybridized carbons (Fsp3) is 0.944. The molecule has 1 atom stereocenters. The molecule has 0 spiro atoms. The third-order valence-electron chi connectivity index (χ3n) is 4.16. The summed E-state index contributed by atoms with van der Waals surface area (Å²) in [5.74, 6) is -0.0896. The highest BCUT2D eigenvalue weighted by Gasteiger charge is 2.15. The molecule has 1 N–H and O–H groups in total. The molecule has 0 aliphatic carbocycles. The van der Waals surface area contributed by atoms with Crippen LogP contribution in [0.1, 0.15) is 84.0 Å². The van der Waals surface area contributed by atoms with Crippen LogP contribution in [0.2, 0.25) is 0 Å². The van der Waals surface area contributed by atoms with E-state index < -0.39 is 0 Å². The number of nitrogens with one attached hydrogen (secondary N) is 1. The number of carbonyl (C=O) groups excluding carboxylic acids is 1. The molecule has 0 aromatic carbocycles. The van der Waals surface area contributed by atoms with Gasteiger partial charge in [-0.15, -0.1) is 0 Å². The summed E-state index contributed by atoms with van der Waals surface area (Å²) in [6.45, 7) is 4.47. The maximum atomic E-state index is 11.6. The van der Waals surface area contributed by atoms with Crippen molar-refractivity contribution < 1.29 is 14.3 Å². The first-order valence-corrected chi connectivity index (χ1v) is 9.33. The molecule has 1 rings (SSSR count). The van der Waals surface area contributed by atoms with Crippen LogP contribution >= 0.6 is 0 Å². The number of hydrogen-bond donors (Lipinski definition) is 1. The Bertz CT molecular complexity index is 265. The predicted molar refractivity (Wildman–Crippen MR) is 89.8 cm³/mol. The van der Waals surface area contributed by atoms with Gasteiger partial charge in [-0.2, -0.15) is 0 Å². The Labute approximate surface area is 136 Å². The predicted octanol–water partition coefficient (Wildman–Crippen LogP) is 4.18. The zero-order chi connectivity index (χ0) is 15.9. The van der Waals surface area contributed by atoms with E-state index in [1.54, 1.807) is 0 Å². The van der Waals surface area contributed by atoms with Gasteiger partial charge in [0.25, 0.3) is 0 Å². The molecule has 0 aromatic heterocycles. The summed E-state index contributed by atoms with van der Waals surface area (Å²) in [5, 5.41) is 3.19. The molecule has 0 aromatic rings. The van der Waals surface area contributed by atoms with Crippen molar-refractivity contribution in [3.63, 3.8) is 0 Å². The minimum atomic E-state index is -0.0896. The van der Waals surface area contributed by atoms with Gasteiger partial charge in [-0.3, -0.25) is 10.1 Å². The highest BCUT2D eigenvalue weighted by Crippen LogP contribution is 2.11. The normalized spacial score (nSPS) is 17.8. The molecule has 0 bridgehead atoms. The van der Waals surface area contributed by atoms with E-state index in [0.717, 1.165) is 26.0 Å². The number of carbonyl (C=O) groups is 1. The number of esters is 1. The Morgan fingerprint density at radius 3 is 2.27 bits per heavy atom. The Morgan fingerprint density at radius 2 is 1.68 bits per heavy atom. The largest absolute Gasteiger partial charge is 0.466 e. The molecule has 1 unspecified atom stereocenters. The van der Waals surface area contributed by atoms with Gasteiger partial charge < -0.3 is 9.47 Å². The van der Waals surface area contributed by atoms with Crippen molar-refractivity contribution in [1.82, 2.24) is 5.32 Å². The molecule has 1 aliphatic heterocycles. The van der Waals surface area contributed by atoms with Crippen LogP contribution in [0.4, 0.5) is 0 Å². The van der Waals surface area contributed by atoms with Crippen LogP contribution < -0.4 is 5.32 Å². The second-order valence-electron chi connectivity index (χ2n) is 6.25. The third-order valence-corrected chi connectivity index (χ3v) is 4.16. The minimum absolute atomic E-state index is 0.0462. The van der Waals surface area contributed by atoms with Crippen molar-refractivity contribution >= 4 is 5.97 Å². The van der Waals surface area contributed by atoms with Crippen LogP contribution in [-0.2, 0) is 14.3 Å². The molecule has 0 saturated carbocycles. The van der Waals surface area contributed by atoms with E-state index in [2.05, 4.69) is 12.2 Å². The summed E-state index contributed by atoms with van der Waals surface area (Å²) >= 11 is 0. The van der Waals surface area contributed by atoms with Crippen LogP contribution in [0.3, 0.4) is 0 Å². The summed E-state index contributed by atoms with van der Waals surface area (Å²) < 4.78 is 10.6. The lowest BCUT2D eigenvalue weighted by molar-refractivity contribution is -0.144. The molecule has 0 amide bonds. The molecule has 22 heavy (non-hydrogen) atoms. The smallest absolute Gasteiger partial charge is 0.305 e. The van der Waals surface area contributed by atoms with Crippen LogP contribution in [0, 0.1) is 0 Å². The summed E-state index contributed by atoms with van der Waals surface area (Å²) in [7, 11) is 0. The van der Waals surface area contributed by atoms with Crippen molar-refractivity contribution in [1.29, 1.82) is 0 Å². The van der Waals surface area contributed by atoms with E-state index in [-0.39, 0.29) is 12.2 Å². The van der Waals surface area contributed by atoms with Gasteiger partial charge in [0.05, 0.1) is 13.2 Å². The first kappa shape index (κ1) is 19.4. The molecule has 1 saturated heterocycles. The molecule has 1 heterocycles. The van der Waals surface area contributed by atoms with Crippen molar-refractivity contribution in [2.45, 2.75) is 90.2 Å². The van der Waals surface area contributed by atoms with E-state index in [1.807, 2.05) is 0 Å². The fourth-order valence-electron chi connectivity index (χ4n) is 2.76. The topological polar surface area (TPSA) is 47.6 Å². The zero-order valence-corrected chi connectivity index (χ0v) is 14.4. The van der Waals surface area contributed by atoms with Crippen LogP contribution in [0.25, 0.3) is 0 Å². The molecule has 0 radical (unpaired) electrons. The second kappa shape index (κ2) is 14.0. The number of unbranched alkanes of at least 4 members (excludes halogenated alkanes) is 9. The first-order chi connectivity index (χ1) is 10.8. The first-order valence-electron chi connectivity index (χ1n) is 9.33. The summed E-state index contributed by atoms with van der Waals surface area (Å²) in [5.41, 5.74) is 0. The van der Waals surface area contributed by atoms with Gasteiger partial charge in [-0.25, -0.2) is 0 Å². The van der Waals surface area contributed by atoms with Crippen molar-refractivity contribution in [2.24, 2.45) is 0 Å². The number of hydrogen-bond acceptors (Lipinski definition) is 4. The summed E-state index contributed by atoms with van der Waals surface area (Å²) in [4.78, 5) is 11.6. The van der Waals surface area contributed by atoms with Crippen LogP contribution in [0.5, 0.6) is 0 Å². The molecule has 1 fully saturated rings. The highest BCUT2D eigenvalue weighted by molar-refractivity contribution is 5.69. The zero-order valence-electron chi connectivity index (χ0n) is 14.4. The Hall–Kier alpha value is -0.610. The van der Waals surface area contributed by atoms with Gasteiger partial charge >= 0.3 is 5.97 Å². The Morgan fingerprint density at radius 1 is 1.05 bits per heavy atom. The van der Waals surface area contributed by atoms with Gasteiger partial charge in [0, 0.05) is 13.0 Å². The van der Waals surface area contributed by atoms with E-state index in [0.29, 0.717) is 13.0 Å². The second-order valence-corrected chi connectivity index (χ2v) is 6.25. The van der Waals surface area contributed by atoms with E-state index in [4.69, 9.17) is 9.47 Å². The Kier molecular flexibility index (Phi) is 12.4. The molecule has 4 heteroatoms. The van der Waals surface area contributed by atoms with Gasteiger partial charge in [0.2, 0.25) is 0 Å². The number of ether oxygens (including phenoxy) is 2. The lowest BCUT2D eigenvalue weighted by Gasteiger charge is -2.09. The summed E-state index contributed by atoms with van der Waals surface area (Å²) in [6, 6.07) is 0. The monoisotopic (exact) mass is 313 g/mol. The molecular formula is C18H35NO3. The van der Waals surface area contributed by atoms with Gasteiger partial charge in [-0.05, 0) is 12.8 Å². The van der Waals surface area contributed by atoms with Gasteiger partial charge in [-0.1, -0.05) is 64.7 Å². The Balaban J connectivity index is 1.76. The highest BCUT2D eigenvalue weighted by atomic mass is 16.5. The van der Waals surface area contributed by atoms with Gasteiger partial charge in [0.15, 0.2) is 0 Å². The van der Waals surface area contributed by atoms with E-state index in [9.17, 15) is 4.79 Å². The average molecular weight is 313 g/mol. The van der Waals surface area contributed by atoms with Crippen molar-refractivity contribution in [3.05, 3.63) is 0 Å². The maximum absolute atomic E-state index is 11.6. The lowest BCUT2D eigenvalue weighted by Crippen LogP contribution is -2.23. The third kappa shape index (κ3) is 11.0. The maximum Gasteiger partial charge on any atom is 0.305 e. The lowest BCUT2D eigenvalue weighted by atomic mass is 10.1. The number of rotatable bonds is 14. The van der Waals surface area contributed by atoms with Crippen molar-refractivity contribution in [2.75, 3.05) is 19.8 Å². The van der Waals surface area contributed by atoms with E-state index >= 15 is 0 Å². The van der Waals surface area contributed by atoms with E-state index in [1.165, 1.54) is 57.8 Å². The SMILES string of the molecule is CCCCCCCCCCCCOC(=O)CCC1NCCO1. The average Bonchev–Trinajstić information content (AvgIpc) is 3.04. The molecule has 130 valence electrons. The summed E-state index contributed by atoms with van der Waals surface area (Å²) in [6.07, 6.45) is 14.2. The molecular weight excluding hydrogens is 278 g/mol. The van der Waals surface area contributed by atoms with Gasteiger partial charge in [0.1, 0.15) is 6.23 Å². The van der Waals surface area contributed by atoms with Crippen LogP contribution in [-0.4, -0.2) is 32.0 Å². The fourth-order valence-corrected chi connectivity index (χ4v) is 2.76. The quantitative estimate of drug-likeness (QED) is 0.386. The minimum Gasteiger partial charge on any atom is -0.466 e. The molecule has 1 aliphatic rings. The van der Waals surface area contributed by atoms with Crippen molar-refractivity contribution in [3.8, 4) is 0 Å².